The lowest BCUT2D eigenvalue weighted by molar-refractivity contribution is -0.119. The van der Waals surface area contributed by atoms with Crippen LogP contribution in [0.4, 0.5) is 10.1 Å². The van der Waals surface area contributed by atoms with Crippen LogP contribution in [0.1, 0.15) is 89.8 Å². The van der Waals surface area contributed by atoms with Crippen LogP contribution in [-0.2, 0) is 4.79 Å². The average Bonchev–Trinajstić information content (AvgIpc) is 3.67. The Morgan fingerprint density at radius 2 is 1.90 bits per heavy atom. The van der Waals surface area contributed by atoms with Crippen LogP contribution >= 0.6 is 0 Å². The minimum Gasteiger partial charge on any atom is -0.334 e. The number of halogens is 1. The molecule has 1 aromatic carbocycles. The summed E-state index contributed by atoms with van der Waals surface area (Å²) in [4.78, 5) is 24.8. The monoisotopic (exact) mass is 530 g/mol. The van der Waals surface area contributed by atoms with Gasteiger partial charge >= 0.3 is 0 Å². The highest BCUT2D eigenvalue weighted by atomic mass is 19.1. The molecular weight excluding hydrogens is 491 g/mol. The molecule has 0 spiro atoms. The molecule has 6 rings (SSSR count). The van der Waals surface area contributed by atoms with E-state index in [4.69, 9.17) is 9.52 Å². The number of carbonyl (C=O) groups excluding carboxylic acids is 1. The van der Waals surface area contributed by atoms with Gasteiger partial charge < -0.3 is 9.42 Å². The first-order chi connectivity index (χ1) is 18.7. The Labute approximate surface area is 230 Å². The molecule has 4 fully saturated rings. The van der Waals surface area contributed by atoms with Crippen molar-refractivity contribution in [3.8, 4) is 11.5 Å². The number of aliphatic imine (C=N–C) groups is 1. The van der Waals surface area contributed by atoms with E-state index in [2.05, 4.69) is 35.5 Å². The van der Waals surface area contributed by atoms with Crippen LogP contribution in [0.25, 0.3) is 11.5 Å². The summed E-state index contributed by atoms with van der Waals surface area (Å²) >= 11 is 0. The van der Waals surface area contributed by atoms with E-state index in [1.165, 1.54) is 0 Å². The van der Waals surface area contributed by atoms with E-state index >= 15 is 0 Å². The second kappa shape index (κ2) is 11.0. The fourth-order valence-corrected chi connectivity index (χ4v) is 6.28. The van der Waals surface area contributed by atoms with Crippen LogP contribution in [-0.4, -0.2) is 28.3 Å². The van der Waals surface area contributed by atoms with Crippen molar-refractivity contribution in [3.05, 3.63) is 66.9 Å². The lowest BCUT2D eigenvalue weighted by Crippen LogP contribution is -2.51. The summed E-state index contributed by atoms with van der Waals surface area (Å²) in [5.41, 5.74) is 3.63. The molecule has 0 atom stereocenters. The molecule has 1 aromatic heterocycles. The molecule has 2 aromatic rings. The molecule has 6 nitrogen and oxygen atoms in total. The zero-order valence-electron chi connectivity index (χ0n) is 23.2. The second-order valence-corrected chi connectivity index (χ2v) is 11.8. The molecule has 1 heterocycles. The largest absolute Gasteiger partial charge is 0.334 e. The van der Waals surface area contributed by atoms with E-state index < -0.39 is 5.83 Å². The standard InChI is InChI=1S/C32H39FN4O2/c1-5-7-27(34-22(2)3)32-17-14-31(15-18-32,16-19-32)21-37(28(38)13-10-23(4)33)26-9-6-8-25(20-26)30-35-29(36-39-30)24-11-12-24/h5-9,20,24H,2,4,10-19,21H2,1,3H3/b7-5-,34-27?. The van der Waals surface area contributed by atoms with E-state index in [9.17, 15) is 9.18 Å². The molecule has 206 valence electrons. The molecule has 39 heavy (non-hydrogen) atoms. The average molecular weight is 531 g/mol. The van der Waals surface area contributed by atoms with Gasteiger partial charge in [0.25, 0.3) is 5.89 Å². The first-order valence-corrected chi connectivity index (χ1v) is 14.2. The fourth-order valence-electron chi connectivity index (χ4n) is 6.28. The van der Waals surface area contributed by atoms with Gasteiger partial charge in [-0.05, 0) is 94.9 Å². The molecule has 1 amide bonds. The zero-order chi connectivity index (χ0) is 27.6. The predicted molar refractivity (Wildman–Crippen MR) is 153 cm³/mol. The second-order valence-electron chi connectivity index (χ2n) is 11.8. The van der Waals surface area contributed by atoms with Gasteiger partial charge in [0, 0.05) is 53.4 Å². The third-order valence-corrected chi connectivity index (χ3v) is 8.77. The summed E-state index contributed by atoms with van der Waals surface area (Å²) in [5, 5.41) is 4.15. The van der Waals surface area contributed by atoms with Crippen molar-refractivity contribution in [1.29, 1.82) is 0 Å². The number of rotatable bonds is 11. The molecule has 4 aliphatic rings. The number of hydrogen-bond acceptors (Lipinski definition) is 5. The summed E-state index contributed by atoms with van der Waals surface area (Å²) in [6.45, 7) is 12.0. The van der Waals surface area contributed by atoms with Crippen LogP contribution in [0.2, 0.25) is 0 Å². The molecule has 0 aliphatic heterocycles. The Balaban J connectivity index is 1.39. The number of hydrogen-bond donors (Lipinski definition) is 0. The summed E-state index contributed by atoms with van der Waals surface area (Å²) in [6.07, 6.45) is 12.7. The number of benzene rings is 1. The van der Waals surface area contributed by atoms with E-state index in [1.807, 2.05) is 43.0 Å². The Hall–Kier alpha value is -3.35. The quantitative estimate of drug-likeness (QED) is 0.275. The summed E-state index contributed by atoms with van der Waals surface area (Å²) in [5.74, 6) is 1.06. The van der Waals surface area contributed by atoms with Gasteiger partial charge in [0.15, 0.2) is 5.82 Å². The summed E-state index contributed by atoms with van der Waals surface area (Å²) in [7, 11) is 0. The molecule has 0 radical (unpaired) electrons. The number of fused-ring (bicyclic) bond motifs is 3. The molecular formula is C32H39FN4O2. The Bertz CT molecular complexity index is 1290. The number of aromatic nitrogens is 2. The molecule has 7 heteroatoms. The third-order valence-electron chi connectivity index (χ3n) is 8.77. The van der Waals surface area contributed by atoms with Crippen LogP contribution in [0.15, 0.2) is 70.6 Å². The number of nitrogens with zero attached hydrogens (tertiary/aromatic N) is 4. The van der Waals surface area contributed by atoms with E-state index in [0.29, 0.717) is 18.4 Å². The first kappa shape index (κ1) is 27.2. The van der Waals surface area contributed by atoms with Crippen LogP contribution in [0, 0.1) is 10.8 Å². The van der Waals surface area contributed by atoms with Crippen molar-refractivity contribution in [2.45, 2.75) is 84.0 Å². The van der Waals surface area contributed by atoms with Gasteiger partial charge in [-0.3, -0.25) is 9.79 Å². The maximum absolute atomic E-state index is 13.5. The smallest absolute Gasteiger partial charge is 0.258 e. The molecule has 2 bridgehead atoms. The van der Waals surface area contributed by atoms with Crippen molar-refractivity contribution in [2.24, 2.45) is 15.8 Å². The van der Waals surface area contributed by atoms with E-state index in [0.717, 1.165) is 79.9 Å². The van der Waals surface area contributed by atoms with Gasteiger partial charge in [0.1, 0.15) is 0 Å². The fraction of sp³-hybridized carbons (Fsp3) is 0.500. The van der Waals surface area contributed by atoms with Crippen LogP contribution < -0.4 is 4.90 Å². The van der Waals surface area contributed by atoms with Gasteiger partial charge in [-0.2, -0.15) is 4.98 Å². The molecule has 4 saturated carbocycles. The van der Waals surface area contributed by atoms with Gasteiger partial charge in [-0.1, -0.05) is 30.5 Å². The lowest BCUT2D eigenvalue weighted by atomic mass is 9.52. The number of anilines is 1. The lowest BCUT2D eigenvalue weighted by Gasteiger charge is -2.54. The number of allylic oxidation sites excluding steroid dienone is 4. The van der Waals surface area contributed by atoms with Crippen molar-refractivity contribution in [2.75, 3.05) is 11.4 Å². The summed E-state index contributed by atoms with van der Waals surface area (Å²) in [6, 6.07) is 7.74. The van der Waals surface area contributed by atoms with Gasteiger partial charge in [-0.25, -0.2) is 4.39 Å². The van der Waals surface area contributed by atoms with Gasteiger partial charge in [-0.15, -0.1) is 0 Å². The normalized spacial score (nSPS) is 24.7. The van der Waals surface area contributed by atoms with Crippen molar-refractivity contribution in [3.63, 3.8) is 0 Å². The number of carbonyl (C=O) groups is 1. The van der Waals surface area contributed by atoms with Crippen LogP contribution in [0.5, 0.6) is 0 Å². The van der Waals surface area contributed by atoms with E-state index in [1.54, 1.807) is 0 Å². The first-order valence-electron chi connectivity index (χ1n) is 14.2. The molecule has 4 aliphatic carbocycles. The number of amides is 1. The van der Waals surface area contributed by atoms with Gasteiger partial charge in [0.05, 0.1) is 5.83 Å². The van der Waals surface area contributed by atoms with Crippen molar-refractivity contribution < 1.29 is 13.7 Å². The molecule has 0 unspecified atom stereocenters. The summed E-state index contributed by atoms with van der Waals surface area (Å²) < 4.78 is 19.1. The predicted octanol–water partition coefficient (Wildman–Crippen LogP) is 8.10. The maximum Gasteiger partial charge on any atom is 0.258 e. The topological polar surface area (TPSA) is 71.6 Å². The van der Waals surface area contributed by atoms with E-state index in [-0.39, 0.29) is 29.6 Å². The maximum atomic E-state index is 13.5. The van der Waals surface area contributed by atoms with Crippen molar-refractivity contribution in [1.82, 2.24) is 10.1 Å². The van der Waals surface area contributed by atoms with Crippen molar-refractivity contribution >= 4 is 17.3 Å². The Kier molecular flexibility index (Phi) is 7.70. The van der Waals surface area contributed by atoms with Crippen LogP contribution in [0.3, 0.4) is 0 Å². The SMILES string of the molecule is C=C(F)CCC(=O)N(CC12CCC(C(/C=C\C)=NC(=C)C)(CC1)CC2)c1cccc(-c2nc(C3CC3)no2)c1. The Morgan fingerprint density at radius 3 is 2.51 bits per heavy atom. The highest BCUT2D eigenvalue weighted by Gasteiger charge is 2.51. The molecule has 0 N–H and O–H groups in total. The highest BCUT2D eigenvalue weighted by molar-refractivity contribution is 6.00. The minimum atomic E-state index is -0.470. The minimum absolute atomic E-state index is 0.0219. The van der Waals surface area contributed by atoms with Gasteiger partial charge in [0.2, 0.25) is 5.91 Å². The Morgan fingerprint density at radius 1 is 1.18 bits per heavy atom. The third kappa shape index (κ3) is 5.97. The molecule has 0 saturated heterocycles. The highest BCUT2D eigenvalue weighted by Crippen LogP contribution is 2.58. The zero-order valence-corrected chi connectivity index (χ0v) is 23.2.